The van der Waals surface area contributed by atoms with E-state index in [2.05, 4.69) is 21.2 Å². The smallest absolute Gasteiger partial charge is 0.249 e. The minimum atomic E-state index is -0.718. The Hall–Kier alpha value is -0.880. The molecule has 2 rings (SSSR count). The Bertz CT molecular complexity index is 497. The van der Waals surface area contributed by atoms with Crippen LogP contribution in [-0.2, 0) is 16.1 Å². The normalized spacial score (nSPS) is 18.6. The summed E-state index contributed by atoms with van der Waals surface area (Å²) in [4.78, 5) is 27.1. The molecule has 6 heteroatoms. The molecule has 0 radical (unpaired) electrons. The molecule has 19 heavy (non-hydrogen) atoms. The molecule has 0 bridgehead atoms. The summed E-state index contributed by atoms with van der Waals surface area (Å²) < 4.78 is 1.04. The van der Waals surface area contributed by atoms with Gasteiger partial charge in [-0.25, -0.2) is 0 Å². The summed E-state index contributed by atoms with van der Waals surface area (Å²) in [5.74, 6) is -0.0412. The van der Waals surface area contributed by atoms with Gasteiger partial charge in [-0.3, -0.25) is 9.59 Å². The number of thiophene rings is 1. The molecule has 0 saturated carbocycles. The molecule has 104 valence electrons. The van der Waals surface area contributed by atoms with E-state index < -0.39 is 5.54 Å². The number of carbonyl (C=O) groups is 2. The number of amides is 2. The Morgan fingerprint density at radius 3 is 2.58 bits per heavy atom. The Morgan fingerprint density at radius 2 is 2.05 bits per heavy atom. The highest BCUT2D eigenvalue weighted by atomic mass is 79.9. The zero-order chi connectivity index (χ0) is 14.0. The molecule has 0 spiro atoms. The highest BCUT2D eigenvalue weighted by Crippen LogP contribution is 2.27. The minimum absolute atomic E-state index is 0.0293. The van der Waals surface area contributed by atoms with Crippen LogP contribution in [0.5, 0.6) is 0 Å². The van der Waals surface area contributed by atoms with E-state index in [0.29, 0.717) is 19.4 Å². The number of nitrogens with one attached hydrogen (secondary N) is 1. The zero-order valence-electron chi connectivity index (χ0n) is 11.0. The third kappa shape index (κ3) is 2.84. The average Bonchev–Trinajstić information content (AvgIpc) is 2.79. The summed E-state index contributed by atoms with van der Waals surface area (Å²) in [7, 11) is 0. The molecule has 2 heterocycles. The van der Waals surface area contributed by atoms with E-state index in [1.807, 2.05) is 26.0 Å². The topological polar surface area (TPSA) is 49.4 Å². The van der Waals surface area contributed by atoms with Gasteiger partial charge in [-0.1, -0.05) is 13.8 Å². The number of rotatable bonds is 4. The molecule has 1 aromatic heterocycles. The van der Waals surface area contributed by atoms with Crippen molar-refractivity contribution < 1.29 is 9.59 Å². The molecule has 0 unspecified atom stereocenters. The van der Waals surface area contributed by atoms with Crippen LogP contribution in [0.3, 0.4) is 0 Å². The van der Waals surface area contributed by atoms with Crippen LogP contribution in [0.25, 0.3) is 0 Å². The van der Waals surface area contributed by atoms with Crippen molar-refractivity contribution in [1.82, 2.24) is 10.2 Å². The van der Waals surface area contributed by atoms with E-state index in [1.54, 1.807) is 16.2 Å². The van der Waals surface area contributed by atoms with Gasteiger partial charge in [0.1, 0.15) is 12.1 Å². The van der Waals surface area contributed by atoms with Crippen LogP contribution in [0.15, 0.2) is 15.9 Å². The number of hydrogen-bond acceptors (Lipinski definition) is 3. The second kappa shape index (κ2) is 5.63. The summed E-state index contributed by atoms with van der Waals surface area (Å²) in [5.41, 5.74) is -0.718. The fourth-order valence-corrected chi connectivity index (χ4v) is 3.89. The third-order valence-electron chi connectivity index (χ3n) is 3.59. The summed E-state index contributed by atoms with van der Waals surface area (Å²) in [6, 6.07) is 3.94. The van der Waals surface area contributed by atoms with Gasteiger partial charge in [-0.15, -0.1) is 11.3 Å². The number of carbonyl (C=O) groups excluding carboxylic acids is 2. The fraction of sp³-hybridized carbons (Fsp3) is 0.538. The largest absolute Gasteiger partial charge is 0.340 e. The van der Waals surface area contributed by atoms with Gasteiger partial charge in [-0.2, -0.15) is 0 Å². The molecular weight excluding hydrogens is 328 g/mol. The maximum absolute atomic E-state index is 12.6. The standard InChI is InChI=1S/C13H17BrN2O2S/c1-3-13(4-2)12(18)16(8-11(17)15-13)7-9-5-6-10(14)19-9/h5-6H,3-4,7-8H2,1-2H3,(H,15,17). The molecule has 0 atom stereocenters. The van der Waals surface area contributed by atoms with Crippen molar-refractivity contribution in [3.05, 3.63) is 20.8 Å². The summed E-state index contributed by atoms with van der Waals surface area (Å²) in [6.07, 6.45) is 1.25. The first kappa shape index (κ1) is 14.5. The Kier molecular flexibility index (Phi) is 4.30. The second-order valence-electron chi connectivity index (χ2n) is 4.70. The van der Waals surface area contributed by atoms with E-state index >= 15 is 0 Å². The first-order chi connectivity index (χ1) is 9.00. The van der Waals surface area contributed by atoms with Gasteiger partial charge in [0, 0.05) is 4.88 Å². The quantitative estimate of drug-likeness (QED) is 0.912. The lowest BCUT2D eigenvalue weighted by Gasteiger charge is -2.41. The highest BCUT2D eigenvalue weighted by Gasteiger charge is 2.43. The van der Waals surface area contributed by atoms with Crippen LogP contribution in [0, 0.1) is 0 Å². The van der Waals surface area contributed by atoms with Gasteiger partial charge < -0.3 is 10.2 Å². The molecular formula is C13H17BrN2O2S. The number of piperazine rings is 1. The van der Waals surface area contributed by atoms with Crippen molar-refractivity contribution in [2.24, 2.45) is 0 Å². The van der Waals surface area contributed by atoms with E-state index in [0.717, 1.165) is 8.66 Å². The molecule has 4 nitrogen and oxygen atoms in total. The lowest BCUT2D eigenvalue weighted by Crippen LogP contribution is -2.65. The van der Waals surface area contributed by atoms with Crippen molar-refractivity contribution in [3.8, 4) is 0 Å². The van der Waals surface area contributed by atoms with Crippen LogP contribution in [-0.4, -0.2) is 28.8 Å². The molecule has 1 fully saturated rings. The van der Waals surface area contributed by atoms with Gasteiger partial charge in [-0.05, 0) is 40.9 Å². The molecule has 2 amide bonds. The number of nitrogens with zero attached hydrogens (tertiary/aromatic N) is 1. The fourth-order valence-electron chi connectivity index (χ4n) is 2.39. The first-order valence-electron chi connectivity index (χ1n) is 6.35. The van der Waals surface area contributed by atoms with Gasteiger partial charge in [0.2, 0.25) is 11.8 Å². The number of hydrogen-bond donors (Lipinski definition) is 1. The SMILES string of the molecule is CCC1(CC)NC(=O)CN(Cc2ccc(Br)s2)C1=O. The van der Waals surface area contributed by atoms with E-state index in [1.165, 1.54) is 0 Å². The van der Waals surface area contributed by atoms with Crippen LogP contribution >= 0.6 is 27.3 Å². The minimum Gasteiger partial charge on any atom is -0.340 e. The van der Waals surface area contributed by atoms with Gasteiger partial charge >= 0.3 is 0 Å². The summed E-state index contributed by atoms with van der Waals surface area (Å²) >= 11 is 5.00. The summed E-state index contributed by atoms with van der Waals surface area (Å²) in [6.45, 7) is 4.53. The second-order valence-corrected chi connectivity index (χ2v) is 7.25. The number of halogens is 1. The first-order valence-corrected chi connectivity index (χ1v) is 7.96. The average molecular weight is 345 g/mol. The Morgan fingerprint density at radius 1 is 1.37 bits per heavy atom. The Balaban J connectivity index is 2.20. The van der Waals surface area contributed by atoms with E-state index in [4.69, 9.17) is 0 Å². The van der Waals surface area contributed by atoms with Crippen LogP contribution in [0.1, 0.15) is 31.6 Å². The van der Waals surface area contributed by atoms with E-state index in [9.17, 15) is 9.59 Å². The predicted octanol–water partition coefficient (Wildman–Crippen LogP) is 2.53. The monoisotopic (exact) mass is 344 g/mol. The molecule has 0 aliphatic carbocycles. The third-order valence-corrected chi connectivity index (χ3v) is 5.20. The summed E-state index contributed by atoms with van der Waals surface area (Å²) in [5, 5.41) is 2.86. The maximum Gasteiger partial charge on any atom is 0.249 e. The predicted molar refractivity (Wildman–Crippen MR) is 78.9 cm³/mol. The van der Waals surface area contributed by atoms with Crippen LogP contribution in [0.4, 0.5) is 0 Å². The van der Waals surface area contributed by atoms with Crippen molar-refractivity contribution >= 4 is 39.1 Å². The van der Waals surface area contributed by atoms with Gasteiger partial charge in [0.05, 0.1) is 10.3 Å². The Labute approximate surface area is 125 Å². The maximum atomic E-state index is 12.6. The van der Waals surface area contributed by atoms with Crippen LogP contribution < -0.4 is 5.32 Å². The van der Waals surface area contributed by atoms with Gasteiger partial charge in [0.15, 0.2) is 0 Å². The lowest BCUT2D eigenvalue weighted by molar-refractivity contribution is -0.150. The zero-order valence-corrected chi connectivity index (χ0v) is 13.4. The van der Waals surface area contributed by atoms with Crippen molar-refractivity contribution in [2.75, 3.05) is 6.54 Å². The van der Waals surface area contributed by atoms with Gasteiger partial charge in [0.25, 0.3) is 0 Å². The van der Waals surface area contributed by atoms with Crippen molar-refractivity contribution in [3.63, 3.8) is 0 Å². The molecule has 1 aliphatic rings. The molecule has 1 N–H and O–H groups in total. The molecule has 1 saturated heterocycles. The van der Waals surface area contributed by atoms with Crippen LogP contribution in [0.2, 0.25) is 0 Å². The lowest BCUT2D eigenvalue weighted by atomic mass is 9.89. The molecule has 1 aliphatic heterocycles. The molecule has 0 aromatic carbocycles. The van der Waals surface area contributed by atoms with E-state index in [-0.39, 0.29) is 18.4 Å². The van der Waals surface area contributed by atoms with Crippen molar-refractivity contribution in [1.29, 1.82) is 0 Å². The van der Waals surface area contributed by atoms with Crippen molar-refractivity contribution in [2.45, 2.75) is 38.8 Å². The molecule has 1 aromatic rings. The highest BCUT2D eigenvalue weighted by molar-refractivity contribution is 9.11.